The van der Waals surface area contributed by atoms with Crippen LogP contribution in [0.1, 0.15) is 87.7 Å². The van der Waals surface area contributed by atoms with Gasteiger partial charge in [-0.3, -0.25) is 0 Å². The minimum atomic E-state index is -1.50. The Morgan fingerprint density at radius 3 is 1.07 bits per heavy atom. The summed E-state index contributed by atoms with van der Waals surface area (Å²) in [7, 11) is 0. The zero-order valence-corrected chi connectivity index (χ0v) is 56.7. The summed E-state index contributed by atoms with van der Waals surface area (Å²) in [6.07, 6.45) is 0. The SMILES string of the molecule is [2H]c1c([2H])c([2H])c(-c2c([2H])c([2H])c(N(c3c([2H])c([2H])c([2H])c(-c4c([2H])c([2H])c5c(c4[2H])c4c([2H])c([2H])c([2H])c([2H])c4n5-c4c([2H])c([2H])c([2H])c([2H])c4[2H])c3[2H])c3c([2H])c([2H])c(-c4c([2H])c([2H])c([2H])c([2H])c4[2H])c([2H])c3-c3c([2H])c([2H])c([2H])c([2H])c3[2H])c([2H])c2[2H])c([2H])c1[2H].[2H]c1c([2H])c([2H])c(-c2c([2H])c([2H])c(N(c3c([2H])c([2H])c([2H])c(-c4ccc5c(c4)c4ccccc4n5-c4ccccc4)c3[2H])c3c([2H])c([2H])c(-c4c([2H])c([2H])c([2H])c([2H])c4[2H])c([2H])c3-c3c([2H])c([2H])c([2H])c([2H])c3[2H])c([2H])c2[2H])c([2H])c1[2H]. The number of para-hydroxylation sites is 4. The van der Waals surface area contributed by atoms with Crippen LogP contribution in [-0.4, -0.2) is 9.13 Å². The van der Waals surface area contributed by atoms with E-state index >= 15 is 0 Å². The molecule has 0 amide bonds. The molecule has 0 aliphatic heterocycles. The number of hydrogen-bond donors (Lipinski definition) is 0. The number of nitrogens with zero attached hydrogens (tertiary/aromatic N) is 4. The monoisotopic (exact) mass is 1490 g/mol. The van der Waals surface area contributed by atoms with E-state index in [1.54, 1.807) is 18.2 Å². The average molecular weight is 1490 g/mol. The van der Waals surface area contributed by atoms with Crippen molar-refractivity contribution >= 4 is 77.7 Å². The first-order valence-corrected chi connectivity index (χ1v) is 33.2. The van der Waals surface area contributed by atoms with Crippen LogP contribution in [0.3, 0.4) is 0 Å². The van der Waals surface area contributed by atoms with Gasteiger partial charge in [0.25, 0.3) is 0 Å². The summed E-state index contributed by atoms with van der Waals surface area (Å²) in [5.74, 6) is 0. The Morgan fingerprint density at radius 2 is 0.554 bits per heavy atom. The summed E-state index contributed by atoms with van der Waals surface area (Å²) in [6, 6.07) is -50.3. The van der Waals surface area contributed by atoms with Gasteiger partial charge in [0.05, 0.1) is 121 Å². The fourth-order valence-corrected chi connectivity index (χ4v) is 12.1. The summed E-state index contributed by atoms with van der Waals surface area (Å²) >= 11 is 0. The second-order valence-corrected chi connectivity index (χ2v) is 23.4. The van der Waals surface area contributed by atoms with Gasteiger partial charge in [-0.1, -0.05) is 326 Å². The van der Waals surface area contributed by atoms with Crippen molar-refractivity contribution < 1.29 is 87.7 Å². The quantitative estimate of drug-likeness (QED) is 0.0959. The van der Waals surface area contributed by atoms with Crippen molar-refractivity contribution in [3.63, 3.8) is 0 Å². The Hall–Kier alpha value is -14.8. The van der Waals surface area contributed by atoms with Crippen molar-refractivity contribution in [3.8, 4) is 100 Å². The predicted octanol–water partition coefficient (Wildman–Crippen LogP) is 29.8. The molecule has 20 aromatic rings. The van der Waals surface area contributed by atoms with Crippen LogP contribution in [0.25, 0.3) is 144 Å². The van der Waals surface area contributed by atoms with Crippen molar-refractivity contribution in [2.24, 2.45) is 0 Å². The van der Waals surface area contributed by atoms with Crippen molar-refractivity contribution in [1.29, 1.82) is 0 Å². The molecular weight excluding hydrogens is 1350 g/mol. The molecule has 0 aliphatic carbocycles. The molecule has 0 spiro atoms. The average Bonchev–Trinajstić information content (AvgIpc) is 1.42. The van der Waals surface area contributed by atoms with E-state index in [0.29, 0.717) is 25.8 Å². The Morgan fingerprint density at radius 1 is 0.188 bits per heavy atom. The summed E-state index contributed by atoms with van der Waals surface area (Å²) in [6.45, 7) is 0. The van der Waals surface area contributed by atoms with Gasteiger partial charge in [0.15, 0.2) is 0 Å². The molecular formula is C108H76N4. The van der Waals surface area contributed by atoms with Crippen LogP contribution >= 0.6 is 0 Å². The molecule has 0 bridgehead atoms. The first-order chi connectivity index (χ1) is 82.2. The first-order valence-electron chi connectivity index (χ1n) is 65.2. The molecule has 0 saturated carbocycles. The fourth-order valence-electron chi connectivity index (χ4n) is 12.1. The Kier molecular flexibility index (Phi) is 7.60. The zero-order chi connectivity index (χ0) is 130. The smallest absolute Gasteiger partial charge is 0.0651 e. The van der Waals surface area contributed by atoms with Gasteiger partial charge >= 0.3 is 0 Å². The molecule has 18 aromatic carbocycles. The van der Waals surface area contributed by atoms with E-state index in [0.717, 1.165) is 11.2 Å². The number of fused-ring (bicyclic) bond motifs is 6. The van der Waals surface area contributed by atoms with E-state index < -0.39 is 532 Å². The maximum Gasteiger partial charge on any atom is 0.0651 e. The minimum absolute atomic E-state index is 0.0556. The van der Waals surface area contributed by atoms with Gasteiger partial charge in [-0.15, -0.1) is 0 Å². The number of benzene rings is 18. The maximum atomic E-state index is 10.2. The highest BCUT2D eigenvalue weighted by atomic mass is 15.2. The number of hydrogen-bond acceptors (Lipinski definition) is 2. The molecule has 0 N–H and O–H groups in total. The van der Waals surface area contributed by atoms with E-state index in [1.807, 2.05) is 53.1 Å². The predicted molar refractivity (Wildman–Crippen MR) is 474 cm³/mol. The van der Waals surface area contributed by atoms with E-state index in [2.05, 4.69) is 0 Å². The second kappa shape index (κ2) is 30.4. The lowest BCUT2D eigenvalue weighted by molar-refractivity contribution is 1.18. The van der Waals surface area contributed by atoms with E-state index in [4.69, 9.17) is 48.0 Å². The third-order valence-electron chi connectivity index (χ3n) is 17.0. The van der Waals surface area contributed by atoms with Gasteiger partial charge in [-0.2, -0.15) is 0 Å². The molecule has 0 saturated heterocycles. The molecule has 528 valence electrons. The van der Waals surface area contributed by atoms with Crippen LogP contribution in [0, 0.1) is 0 Å². The highest BCUT2D eigenvalue weighted by Crippen LogP contribution is 2.48. The molecule has 0 fully saturated rings. The second-order valence-electron chi connectivity index (χ2n) is 23.4. The van der Waals surface area contributed by atoms with Crippen LogP contribution < -0.4 is 9.80 Å². The Balaban J connectivity index is 0.000000216. The molecule has 0 aliphatic rings. The molecule has 112 heavy (non-hydrogen) atoms. The summed E-state index contributed by atoms with van der Waals surface area (Å²) < 4.78 is 584. The lowest BCUT2D eigenvalue weighted by atomic mass is 9.95. The third kappa shape index (κ3) is 13.4. The Bertz CT molecular complexity index is 10600. The highest BCUT2D eigenvalue weighted by molar-refractivity contribution is 6.12. The van der Waals surface area contributed by atoms with Crippen LogP contribution in [0.2, 0.25) is 0 Å². The largest absolute Gasteiger partial charge is 0.310 e. The van der Waals surface area contributed by atoms with Gasteiger partial charge in [0, 0.05) is 66.8 Å². The van der Waals surface area contributed by atoms with Crippen LogP contribution in [0.4, 0.5) is 34.1 Å². The van der Waals surface area contributed by atoms with Crippen LogP contribution in [-0.2, 0) is 0 Å². The van der Waals surface area contributed by atoms with Gasteiger partial charge < -0.3 is 18.9 Å². The Labute approximate surface area is 743 Å². The normalized spacial score (nSPS) is 19.2. The van der Waals surface area contributed by atoms with Gasteiger partial charge in [-0.25, -0.2) is 0 Å². The molecule has 0 unspecified atom stereocenters. The number of aromatic nitrogens is 2. The van der Waals surface area contributed by atoms with E-state index in [1.165, 1.54) is 6.07 Å². The number of rotatable bonds is 16. The molecule has 2 aromatic heterocycles. The minimum Gasteiger partial charge on any atom is -0.310 e. The molecule has 4 nitrogen and oxygen atoms in total. The molecule has 2 heterocycles. The molecule has 20 rings (SSSR count). The standard InChI is InChI=1S/2C54H38N2/c2*1-5-16-39(17-6-1)41-28-32-47(33-29-41)55(53-34-30-44(40-18-7-2-8-19-40)37-50(53)42-20-9-3-10-21-42)48-25-15-22-43(36-48)45-31-35-54-51(38-45)49-26-13-14-27-52(49)56(54)46-23-11-4-12-24-46/h2*1-38H/i1D,2D,3D,4D,5D,6D,7D,8D,9D,10D,11D,12D,13D,14D,15D,16D,17D,18D,19D,20D,21D,22D,23D,24D,25D,26D,27D,28D,29D,30D,31D,32D,33D,34D,35D,36D,37D,38D;1D,2D,3D,5D,6D,7D,8D,9D,10D,15D,16D,17D,18D,19D,20D,21D,22D,25D,28D,29D,30D,32D,33D,34D,36D,37D. The summed E-state index contributed by atoms with van der Waals surface area (Å²) in [4.78, 5) is 0.629. The van der Waals surface area contributed by atoms with Crippen molar-refractivity contribution in [2.75, 3.05) is 9.80 Å². The zero-order valence-electron chi connectivity index (χ0n) is 121. The number of anilines is 6. The van der Waals surface area contributed by atoms with Gasteiger partial charge in [0.1, 0.15) is 0 Å². The first kappa shape index (κ1) is 28.0. The van der Waals surface area contributed by atoms with Crippen molar-refractivity contribution in [3.05, 3.63) is 460 Å². The molecule has 0 atom stereocenters. The van der Waals surface area contributed by atoms with Gasteiger partial charge in [0.2, 0.25) is 0 Å². The summed E-state index contributed by atoms with van der Waals surface area (Å²) in [5, 5.41) is -0.271. The maximum absolute atomic E-state index is 10.2. The topological polar surface area (TPSA) is 16.3 Å². The van der Waals surface area contributed by atoms with E-state index in [9.17, 15) is 39.8 Å². The van der Waals surface area contributed by atoms with Crippen LogP contribution in [0.5, 0.6) is 0 Å². The molecule has 4 heteroatoms. The fraction of sp³-hybridized carbons (Fsp3) is 0. The van der Waals surface area contributed by atoms with Crippen LogP contribution in [0.15, 0.2) is 460 Å². The van der Waals surface area contributed by atoms with Crippen molar-refractivity contribution in [1.82, 2.24) is 9.13 Å². The summed E-state index contributed by atoms with van der Waals surface area (Å²) in [5.41, 5.74) is -22.4. The van der Waals surface area contributed by atoms with E-state index in [-0.39, 0.29) is 10.5 Å². The van der Waals surface area contributed by atoms with Gasteiger partial charge in [-0.05, 0) is 211 Å². The molecule has 0 radical (unpaired) electrons. The van der Waals surface area contributed by atoms with Crippen molar-refractivity contribution in [2.45, 2.75) is 0 Å². The highest BCUT2D eigenvalue weighted by Gasteiger charge is 2.24. The third-order valence-corrected chi connectivity index (χ3v) is 17.0. The lowest BCUT2D eigenvalue weighted by Gasteiger charge is -2.29. The lowest BCUT2D eigenvalue weighted by Crippen LogP contribution is -2.11.